The lowest BCUT2D eigenvalue weighted by molar-refractivity contribution is 0.0729. The first-order valence-corrected chi connectivity index (χ1v) is 9.79. The molecule has 1 amide bonds. The molecular formula is C18H22ClN3O5S. The van der Waals surface area contributed by atoms with E-state index in [1.807, 2.05) is 0 Å². The van der Waals surface area contributed by atoms with Gasteiger partial charge in [0, 0.05) is 18.7 Å². The molecule has 0 atom stereocenters. The molecule has 10 heteroatoms. The predicted octanol–water partition coefficient (Wildman–Crippen LogP) is 1.97. The van der Waals surface area contributed by atoms with Crippen molar-refractivity contribution in [2.45, 2.75) is 4.90 Å². The van der Waals surface area contributed by atoms with Crippen LogP contribution < -0.4 is 15.8 Å². The van der Waals surface area contributed by atoms with E-state index >= 15 is 0 Å². The Morgan fingerprint density at radius 3 is 2.50 bits per heavy atom. The van der Waals surface area contributed by atoms with Crippen LogP contribution in [0.3, 0.4) is 0 Å². The van der Waals surface area contributed by atoms with Crippen molar-refractivity contribution in [3.63, 3.8) is 0 Å². The highest BCUT2D eigenvalue weighted by Gasteiger charge is 2.30. The van der Waals surface area contributed by atoms with Crippen LogP contribution in [0.15, 0.2) is 47.4 Å². The fourth-order valence-electron chi connectivity index (χ4n) is 2.75. The topological polar surface area (TPSA) is 111 Å². The number of hydrogen-bond acceptors (Lipinski definition) is 6. The molecule has 1 heterocycles. The number of nitrogens with zero attached hydrogens (tertiary/aromatic N) is 1. The van der Waals surface area contributed by atoms with Crippen molar-refractivity contribution in [1.29, 1.82) is 0 Å². The number of nitrogen functional groups attached to an aromatic ring is 1. The fourth-order valence-corrected chi connectivity index (χ4v) is 4.34. The number of morpholine rings is 1. The fraction of sp³-hybridized carbons (Fsp3) is 0.278. The summed E-state index contributed by atoms with van der Waals surface area (Å²) in [6, 6.07) is 11.1. The Bertz CT molecular complexity index is 946. The van der Waals surface area contributed by atoms with Gasteiger partial charge in [0.15, 0.2) is 0 Å². The zero-order valence-electron chi connectivity index (χ0n) is 15.3. The smallest absolute Gasteiger partial charge is 0.255 e. The van der Waals surface area contributed by atoms with E-state index in [9.17, 15) is 13.2 Å². The van der Waals surface area contributed by atoms with Crippen LogP contribution in [0.4, 0.5) is 11.4 Å². The minimum Gasteiger partial charge on any atom is -0.495 e. The minimum atomic E-state index is -3.82. The molecule has 1 aliphatic rings. The molecule has 0 spiro atoms. The van der Waals surface area contributed by atoms with Crippen LogP contribution in [-0.4, -0.2) is 52.0 Å². The molecule has 1 aliphatic heterocycles. The standard InChI is InChI=1S/C18H21N3O5S.ClH/c1-25-16-7-6-13(18(22)20-15-5-3-2-4-14(15)19)12-17(16)27(23,24)21-8-10-26-11-9-21;/h2-7,12H,8-11,19H2,1H3,(H,20,22);1H. The zero-order chi connectivity index (χ0) is 19.4. The molecule has 8 nitrogen and oxygen atoms in total. The van der Waals surface area contributed by atoms with Gasteiger partial charge in [-0.25, -0.2) is 8.42 Å². The lowest BCUT2D eigenvalue weighted by Gasteiger charge is -2.26. The number of nitrogens with two attached hydrogens (primary N) is 1. The summed E-state index contributed by atoms with van der Waals surface area (Å²) in [6.45, 7) is 1.16. The highest BCUT2D eigenvalue weighted by atomic mass is 35.5. The summed E-state index contributed by atoms with van der Waals surface area (Å²) >= 11 is 0. The molecule has 0 aromatic heterocycles. The quantitative estimate of drug-likeness (QED) is 0.706. The molecule has 0 saturated carbocycles. The number of anilines is 2. The number of methoxy groups -OCH3 is 1. The van der Waals surface area contributed by atoms with E-state index < -0.39 is 15.9 Å². The van der Waals surface area contributed by atoms with E-state index in [0.29, 0.717) is 24.6 Å². The lowest BCUT2D eigenvalue weighted by atomic mass is 10.2. The highest BCUT2D eigenvalue weighted by Crippen LogP contribution is 2.29. The van der Waals surface area contributed by atoms with Crippen molar-refractivity contribution in [2.75, 3.05) is 44.5 Å². The first kappa shape index (κ1) is 22.0. The van der Waals surface area contributed by atoms with Gasteiger partial charge in [-0.15, -0.1) is 12.4 Å². The van der Waals surface area contributed by atoms with Gasteiger partial charge in [0.1, 0.15) is 10.6 Å². The summed E-state index contributed by atoms with van der Waals surface area (Å²) < 4.78 is 37.7. The molecule has 0 bridgehead atoms. The van der Waals surface area contributed by atoms with E-state index in [-0.39, 0.29) is 41.7 Å². The number of ether oxygens (including phenoxy) is 2. The van der Waals surface area contributed by atoms with Gasteiger partial charge >= 0.3 is 0 Å². The van der Waals surface area contributed by atoms with Gasteiger partial charge < -0.3 is 20.5 Å². The zero-order valence-corrected chi connectivity index (χ0v) is 16.9. The maximum Gasteiger partial charge on any atom is 0.255 e. The molecule has 0 aliphatic carbocycles. The average Bonchev–Trinajstić information content (AvgIpc) is 2.69. The molecule has 1 saturated heterocycles. The third-order valence-corrected chi connectivity index (χ3v) is 6.14. The Labute approximate surface area is 170 Å². The lowest BCUT2D eigenvalue weighted by Crippen LogP contribution is -2.40. The van der Waals surface area contributed by atoms with Crippen LogP contribution >= 0.6 is 12.4 Å². The van der Waals surface area contributed by atoms with Crippen LogP contribution in [-0.2, 0) is 14.8 Å². The van der Waals surface area contributed by atoms with Gasteiger partial charge in [-0.2, -0.15) is 4.31 Å². The highest BCUT2D eigenvalue weighted by molar-refractivity contribution is 7.89. The Morgan fingerprint density at radius 1 is 1.18 bits per heavy atom. The summed E-state index contributed by atoms with van der Waals surface area (Å²) in [5.74, 6) is -0.286. The normalized spacial score (nSPS) is 14.8. The van der Waals surface area contributed by atoms with Gasteiger partial charge in [-0.3, -0.25) is 4.79 Å². The van der Waals surface area contributed by atoms with E-state index in [4.69, 9.17) is 15.2 Å². The molecule has 0 unspecified atom stereocenters. The van der Waals surface area contributed by atoms with Gasteiger partial charge in [0.2, 0.25) is 10.0 Å². The third-order valence-electron chi connectivity index (χ3n) is 4.22. The Balaban J connectivity index is 0.00000280. The summed E-state index contributed by atoms with van der Waals surface area (Å²) in [7, 11) is -2.43. The molecule has 2 aromatic rings. The van der Waals surface area contributed by atoms with E-state index in [0.717, 1.165) is 0 Å². The number of halogens is 1. The van der Waals surface area contributed by atoms with Crippen molar-refractivity contribution in [3.8, 4) is 5.75 Å². The second-order valence-electron chi connectivity index (χ2n) is 5.92. The summed E-state index contributed by atoms with van der Waals surface area (Å²) in [4.78, 5) is 12.5. The van der Waals surface area contributed by atoms with Crippen molar-refractivity contribution in [2.24, 2.45) is 0 Å². The maximum absolute atomic E-state index is 13.0. The van der Waals surface area contributed by atoms with Crippen LogP contribution in [0.5, 0.6) is 5.75 Å². The van der Waals surface area contributed by atoms with Gasteiger partial charge in [0.05, 0.1) is 31.7 Å². The van der Waals surface area contributed by atoms with E-state index in [2.05, 4.69) is 5.32 Å². The molecule has 0 radical (unpaired) electrons. The average molecular weight is 428 g/mol. The van der Waals surface area contributed by atoms with Gasteiger partial charge in [-0.1, -0.05) is 12.1 Å². The number of sulfonamides is 1. The number of para-hydroxylation sites is 2. The molecule has 3 N–H and O–H groups in total. The Morgan fingerprint density at radius 2 is 1.86 bits per heavy atom. The number of benzene rings is 2. The molecule has 1 fully saturated rings. The Hall–Kier alpha value is -2.33. The number of carbonyl (C=O) groups is 1. The van der Waals surface area contributed by atoms with Crippen LogP contribution in [0.2, 0.25) is 0 Å². The van der Waals surface area contributed by atoms with Gasteiger partial charge in [0.25, 0.3) is 5.91 Å². The first-order chi connectivity index (χ1) is 12.9. The number of carbonyl (C=O) groups excluding carboxylic acids is 1. The van der Waals surface area contributed by atoms with E-state index in [1.54, 1.807) is 24.3 Å². The number of hydrogen-bond donors (Lipinski definition) is 2. The number of rotatable bonds is 5. The molecule has 3 rings (SSSR count). The third kappa shape index (κ3) is 4.56. The Kier molecular flexibility index (Phi) is 7.25. The first-order valence-electron chi connectivity index (χ1n) is 8.35. The van der Waals surface area contributed by atoms with Crippen LogP contribution in [0, 0.1) is 0 Å². The minimum absolute atomic E-state index is 0. The molecule has 28 heavy (non-hydrogen) atoms. The van der Waals surface area contributed by atoms with Gasteiger partial charge in [-0.05, 0) is 30.3 Å². The SMILES string of the molecule is COc1ccc(C(=O)Nc2ccccc2N)cc1S(=O)(=O)N1CCOCC1.Cl. The van der Waals surface area contributed by atoms with Crippen molar-refractivity contribution in [3.05, 3.63) is 48.0 Å². The largest absolute Gasteiger partial charge is 0.495 e. The molecule has 2 aromatic carbocycles. The van der Waals surface area contributed by atoms with Crippen molar-refractivity contribution >= 4 is 39.7 Å². The van der Waals surface area contributed by atoms with Crippen LogP contribution in [0.25, 0.3) is 0 Å². The maximum atomic E-state index is 13.0. The summed E-state index contributed by atoms with van der Waals surface area (Å²) in [5.41, 5.74) is 6.90. The summed E-state index contributed by atoms with van der Waals surface area (Å²) in [6.07, 6.45) is 0. The molecule has 152 valence electrons. The number of amides is 1. The van der Waals surface area contributed by atoms with Crippen LogP contribution in [0.1, 0.15) is 10.4 Å². The predicted molar refractivity (Wildman–Crippen MR) is 109 cm³/mol. The summed E-state index contributed by atoms with van der Waals surface area (Å²) in [5, 5.41) is 2.69. The second-order valence-corrected chi connectivity index (χ2v) is 7.83. The number of nitrogens with one attached hydrogen (secondary N) is 1. The molecular weight excluding hydrogens is 406 g/mol. The second kappa shape index (κ2) is 9.24. The van der Waals surface area contributed by atoms with E-state index in [1.165, 1.54) is 29.6 Å². The van der Waals surface area contributed by atoms with Crippen molar-refractivity contribution in [1.82, 2.24) is 4.31 Å². The van der Waals surface area contributed by atoms with Crippen molar-refractivity contribution < 1.29 is 22.7 Å². The monoisotopic (exact) mass is 427 g/mol.